The smallest absolute Gasteiger partial charge is 0.305 e. The molecule has 0 amide bonds. The molecule has 0 unspecified atom stereocenters. The van der Waals surface area contributed by atoms with Crippen LogP contribution in [0.15, 0.2) is 0 Å². The van der Waals surface area contributed by atoms with Crippen LogP contribution in [0.4, 0.5) is 0 Å². The van der Waals surface area contributed by atoms with Crippen LogP contribution >= 0.6 is 10.6 Å². The lowest BCUT2D eigenvalue weighted by Crippen LogP contribution is -2.23. The topological polar surface area (TPSA) is 72.4 Å². The summed E-state index contributed by atoms with van der Waals surface area (Å²) in [4.78, 5) is 10.9. The highest BCUT2D eigenvalue weighted by Crippen LogP contribution is 2.45. The van der Waals surface area contributed by atoms with Crippen LogP contribution in [0.5, 0.6) is 0 Å². The molecular formula is C8H14O4S-2. The molecular weight excluding hydrogens is 192 g/mol. The van der Waals surface area contributed by atoms with Crippen LogP contribution in [0.1, 0.15) is 19.3 Å². The third-order valence-corrected chi connectivity index (χ3v) is 4.07. The first-order chi connectivity index (χ1) is 6.03. The lowest BCUT2D eigenvalue weighted by Gasteiger charge is -2.63. The fourth-order valence-corrected chi connectivity index (χ4v) is 3.05. The van der Waals surface area contributed by atoms with Crippen molar-refractivity contribution in [3.05, 3.63) is 0 Å². The summed E-state index contributed by atoms with van der Waals surface area (Å²) in [6.07, 6.45) is 1.54. The molecule has 78 valence electrons. The van der Waals surface area contributed by atoms with E-state index in [-0.39, 0.29) is 23.4 Å². The van der Waals surface area contributed by atoms with Gasteiger partial charge < -0.3 is 24.4 Å². The Morgan fingerprint density at radius 2 is 2.00 bits per heavy atom. The molecule has 1 rings (SSSR count). The minimum absolute atomic E-state index is 0.191. The van der Waals surface area contributed by atoms with E-state index in [1.807, 2.05) is 0 Å². The predicted octanol–water partition coefficient (Wildman–Crippen LogP) is 1.02. The van der Waals surface area contributed by atoms with Crippen LogP contribution in [-0.2, 0) is 9.53 Å². The Balaban J connectivity index is 2.29. The van der Waals surface area contributed by atoms with Gasteiger partial charge in [0.05, 0.1) is 7.11 Å². The minimum atomic E-state index is -2.81. The predicted molar refractivity (Wildman–Crippen MR) is 48.2 cm³/mol. The average molecular weight is 206 g/mol. The Hall–Kier alpha value is -0.260. The van der Waals surface area contributed by atoms with Gasteiger partial charge in [-0.15, -0.1) is 0 Å². The summed E-state index contributed by atoms with van der Waals surface area (Å²) in [5.74, 6) is 0.379. The van der Waals surface area contributed by atoms with Crippen molar-refractivity contribution in [1.82, 2.24) is 0 Å². The summed E-state index contributed by atoms with van der Waals surface area (Å²) in [6.45, 7) is 0. The van der Waals surface area contributed by atoms with E-state index in [0.29, 0.717) is 19.3 Å². The molecule has 5 heteroatoms. The van der Waals surface area contributed by atoms with Gasteiger partial charge in [-0.2, -0.15) is 0 Å². The first-order valence-electron chi connectivity index (χ1n) is 4.31. The zero-order valence-electron chi connectivity index (χ0n) is 7.65. The SMILES string of the molecule is COC(=O)CC1CCS([O-])([O-])CC1. The van der Waals surface area contributed by atoms with Crippen molar-refractivity contribution < 1.29 is 18.6 Å². The van der Waals surface area contributed by atoms with Crippen LogP contribution in [-0.4, -0.2) is 33.7 Å². The van der Waals surface area contributed by atoms with Gasteiger partial charge >= 0.3 is 5.97 Å². The third-order valence-electron chi connectivity index (χ3n) is 2.36. The van der Waals surface area contributed by atoms with Crippen LogP contribution < -0.4 is 0 Å². The highest BCUT2D eigenvalue weighted by Gasteiger charge is 2.18. The number of carbonyl (C=O) groups is 1. The Bertz CT molecular complexity index is 183. The summed E-state index contributed by atoms with van der Waals surface area (Å²) in [7, 11) is -1.46. The Morgan fingerprint density at radius 1 is 1.46 bits per heavy atom. The number of ether oxygens (including phenoxy) is 1. The van der Waals surface area contributed by atoms with Crippen molar-refractivity contribution >= 4 is 16.6 Å². The molecule has 0 spiro atoms. The Morgan fingerprint density at radius 3 is 2.46 bits per heavy atom. The van der Waals surface area contributed by atoms with E-state index in [0.717, 1.165) is 0 Å². The van der Waals surface area contributed by atoms with Gasteiger partial charge in [-0.3, -0.25) is 4.79 Å². The van der Waals surface area contributed by atoms with Crippen LogP contribution in [0.3, 0.4) is 0 Å². The highest BCUT2D eigenvalue weighted by molar-refractivity contribution is 8.24. The van der Waals surface area contributed by atoms with Crippen LogP contribution in [0, 0.1) is 5.92 Å². The number of rotatable bonds is 2. The molecule has 1 aliphatic heterocycles. The highest BCUT2D eigenvalue weighted by atomic mass is 32.3. The fraction of sp³-hybridized carbons (Fsp3) is 0.875. The van der Waals surface area contributed by atoms with Gasteiger partial charge in [0.1, 0.15) is 0 Å². The van der Waals surface area contributed by atoms with E-state index in [2.05, 4.69) is 4.74 Å². The second kappa shape index (κ2) is 4.30. The third kappa shape index (κ3) is 3.54. The van der Waals surface area contributed by atoms with E-state index in [9.17, 15) is 13.9 Å². The molecule has 0 N–H and O–H groups in total. The number of methoxy groups -OCH3 is 1. The average Bonchev–Trinajstić information content (AvgIpc) is 2.08. The van der Waals surface area contributed by atoms with Gasteiger partial charge in [0.25, 0.3) is 0 Å². The summed E-state index contributed by atoms with van der Waals surface area (Å²) in [5.41, 5.74) is 0. The van der Waals surface area contributed by atoms with Gasteiger partial charge in [-0.1, -0.05) is 0 Å². The molecule has 1 heterocycles. The number of hydrogen-bond acceptors (Lipinski definition) is 4. The van der Waals surface area contributed by atoms with Crippen molar-refractivity contribution in [3.8, 4) is 0 Å². The number of esters is 1. The van der Waals surface area contributed by atoms with Gasteiger partial charge in [0.15, 0.2) is 0 Å². The molecule has 0 aromatic carbocycles. The van der Waals surface area contributed by atoms with E-state index in [1.165, 1.54) is 7.11 Å². The molecule has 0 aromatic rings. The molecule has 0 aliphatic carbocycles. The largest absolute Gasteiger partial charge is 0.800 e. The number of hydrogen-bond donors (Lipinski definition) is 0. The zero-order chi connectivity index (χ0) is 9.90. The lowest BCUT2D eigenvalue weighted by atomic mass is 9.99. The summed E-state index contributed by atoms with van der Waals surface area (Å²) >= 11 is 0. The lowest BCUT2D eigenvalue weighted by molar-refractivity contribution is -0.141. The van der Waals surface area contributed by atoms with Crippen molar-refractivity contribution in [2.45, 2.75) is 19.3 Å². The first-order valence-corrected chi connectivity index (χ1v) is 6.13. The van der Waals surface area contributed by atoms with Gasteiger partial charge in [-0.05, 0) is 30.3 Å². The van der Waals surface area contributed by atoms with E-state index >= 15 is 0 Å². The molecule has 0 atom stereocenters. The zero-order valence-corrected chi connectivity index (χ0v) is 8.47. The summed E-state index contributed by atoms with van der Waals surface area (Å²) < 4.78 is 26.6. The van der Waals surface area contributed by atoms with Gasteiger partial charge in [0, 0.05) is 6.42 Å². The first kappa shape index (κ1) is 10.8. The summed E-state index contributed by atoms with van der Waals surface area (Å²) in [5, 5.41) is 0. The van der Waals surface area contributed by atoms with Crippen molar-refractivity contribution in [2.75, 3.05) is 18.6 Å². The molecule has 0 bridgehead atoms. The minimum Gasteiger partial charge on any atom is -0.800 e. The number of carbonyl (C=O) groups excluding carboxylic acids is 1. The van der Waals surface area contributed by atoms with Crippen molar-refractivity contribution in [2.24, 2.45) is 5.92 Å². The molecule has 0 saturated carbocycles. The molecule has 4 nitrogen and oxygen atoms in total. The molecule has 0 aromatic heterocycles. The maximum atomic E-state index is 11.0. The molecule has 13 heavy (non-hydrogen) atoms. The second-order valence-corrected chi connectivity index (χ2v) is 5.68. The van der Waals surface area contributed by atoms with E-state index in [1.54, 1.807) is 0 Å². The van der Waals surface area contributed by atoms with Gasteiger partial charge in [0.2, 0.25) is 0 Å². The van der Waals surface area contributed by atoms with Crippen molar-refractivity contribution in [3.63, 3.8) is 0 Å². The van der Waals surface area contributed by atoms with E-state index in [4.69, 9.17) is 0 Å². The normalized spacial score (nSPS) is 25.2. The standard InChI is InChI=1S/C8H16O4S/c1-12-8(9)6-7-2-4-13(10,11)5-3-7/h7,10-11H,2-6H2,1H3/p-2. The molecule has 1 saturated heterocycles. The monoisotopic (exact) mass is 206 g/mol. The van der Waals surface area contributed by atoms with Gasteiger partial charge in [-0.25, -0.2) is 0 Å². The fourth-order valence-electron chi connectivity index (χ4n) is 1.46. The maximum absolute atomic E-state index is 11.0. The molecule has 1 fully saturated rings. The molecule has 0 radical (unpaired) electrons. The maximum Gasteiger partial charge on any atom is 0.305 e. The Labute approximate surface area is 79.6 Å². The van der Waals surface area contributed by atoms with Crippen LogP contribution in [0.2, 0.25) is 0 Å². The second-order valence-electron chi connectivity index (χ2n) is 3.38. The summed E-state index contributed by atoms with van der Waals surface area (Å²) in [6, 6.07) is 0. The van der Waals surface area contributed by atoms with Crippen LogP contribution in [0.25, 0.3) is 0 Å². The molecule has 1 aliphatic rings. The quantitative estimate of drug-likeness (QED) is 0.632. The Kier molecular flexibility index (Phi) is 3.58. The number of sulfone groups is 1. The van der Waals surface area contributed by atoms with Crippen molar-refractivity contribution in [1.29, 1.82) is 0 Å². The van der Waals surface area contributed by atoms with E-state index < -0.39 is 10.6 Å².